The molecule has 0 fully saturated rings. The van der Waals surface area contributed by atoms with Crippen LogP contribution < -0.4 is 5.32 Å². The van der Waals surface area contributed by atoms with E-state index in [1.165, 1.54) is 16.5 Å². The van der Waals surface area contributed by atoms with Gasteiger partial charge in [-0.05, 0) is 49.2 Å². The highest BCUT2D eigenvalue weighted by molar-refractivity contribution is 9.10. The first kappa shape index (κ1) is 14.9. The normalized spacial score (nSPS) is 10.8. The molecule has 0 saturated carbocycles. The molecule has 3 rings (SSSR count). The average molecular weight is 357 g/mol. The predicted octanol–water partition coefficient (Wildman–Crippen LogP) is 4.21. The second kappa shape index (κ2) is 6.36. The zero-order valence-electron chi connectivity index (χ0n) is 12.3. The summed E-state index contributed by atoms with van der Waals surface area (Å²) in [5.41, 5.74) is 4.28. The SMILES string of the molecule is Cc1ccc2[nH]cc(CCNC(=O)c3cccc(Br)c3)c2c1. The Labute approximate surface area is 137 Å². The molecule has 0 spiro atoms. The number of nitrogens with one attached hydrogen (secondary N) is 2. The zero-order chi connectivity index (χ0) is 15.5. The third kappa shape index (κ3) is 3.22. The number of fused-ring (bicyclic) bond motifs is 1. The Balaban J connectivity index is 1.65. The van der Waals surface area contributed by atoms with Gasteiger partial charge in [0.25, 0.3) is 5.91 Å². The minimum Gasteiger partial charge on any atom is -0.361 e. The molecule has 3 aromatic rings. The second-order valence-corrected chi connectivity index (χ2v) is 6.29. The number of carbonyl (C=O) groups excluding carboxylic acids is 1. The number of halogens is 1. The highest BCUT2D eigenvalue weighted by Crippen LogP contribution is 2.20. The van der Waals surface area contributed by atoms with Gasteiger partial charge in [0, 0.05) is 33.7 Å². The number of benzene rings is 2. The van der Waals surface area contributed by atoms with Crippen molar-refractivity contribution in [2.24, 2.45) is 0 Å². The molecule has 0 unspecified atom stereocenters. The number of aryl methyl sites for hydroxylation is 1. The van der Waals surface area contributed by atoms with E-state index in [1.54, 1.807) is 0 Å². The Morgan fingerprint density at radius 1 is 1.23 bits per heavy atom. The number of carbonyl (C=O) groups is 1. The van der Waals surface area contributed by atoms with Crippen molar-refractivity contribution in [3.05, 3.63) is 69.8 Å². The van der Waals surface area contributed by atoms with Gasteiger partial charge in [0.05, 0.1) is 0 Å². The van der Waals surface area contributed by atoms with E-state index >= 15 is 0 Å². The van der Waals surface area contributed by atoms with Crippen LogP contribution >= 0.6 is 15.9 Å². The standard InChI is InChI=1S/C18H17BrN2O/c1-12-5-6-17-16(9-12)14(11-21-17)7-8-20-18(22)13-3-2-4-15(19)10-13/h2-6,9-11,21H,7-8H2,1H3,(H,20,22). The highest BCUT2D eigenvalue weighted by atomic mass is 79.9. The molecule has 2 aromatic carbocycles. The van der Waals surface area contributed by atoms with E-state index in [9.17, 15) is 4.79 Å². The molecule has 0 bridgehead atoms. The maximum absolute atomic E-state index is 12.1. The fourth-order valence-corrected chi connectivity index (χ4v) is 2.94. The van der Waals surface area contributed by atoms with Crippen molar-refractivity contribution in [2.75, 3.05) is 6.54 Å². The Morgan fingerprint density at radius 3 is 2.91 bits per heavy atom. The van der Waals surface area contributed by atoms with E-state index < -0.39 is 0 Å². The first-order valence-electron chi connectivity index (χ1n) is 7.24. The molecule has 1 aromatic heterocycles. The van der Waals surface area contributed by atoms with E-state index in [0.29, 0.717) is 12.1 Å². The minimum absolute atomic E-state index is 0.0441. The van der Waals surface area contributed by atoms with Gasteiger partial charge < -0.3 is 10.3 Å². The lowest BCUT2D eigenvalue weighted by Gasteiger charge is -2.05. The van der Waals surface area contributed by atoms with Crippen LogP contribution in [0.25, 0.3) is 10.9 Å². The van der Waals surface area contributed by atoms with Gasteiger partial charge >= 0.3 is 0 Å². The van der Waals surface area contributed by atoms with Crippen LogP contribution in [-0.2, 0) is 6.42 Å². The van der Waals surface area contributed by atoms with Crippen molar-refractivity contribution in [3.8, 4) is 0 Å². The van der Waals surface area contributed by atoms with Gasteiger partial charge in [-0.15, -0.1) is 0 Å². The number of hydrogen-bond donors (Lipinski definition) is 2. The van der Waals surface area contributed by atoms with E-state index in [-0.39, 0.29) is 5.91 Å². The number of aromatic amines is 1. The molecule has 0 aliphatic heterocycles. The Bertz CT molecular complexity index is 823. The van der Waals surface area contributed by atoms with Gasteiger partial charge in [-0.25, -0.2) is 0 Å². The maximum atomic E-state index is 12.1. The van der Waals surface area contributed by atoms with Crippen molar-refractivity contribution < 1.29 is 4.79 Å². The first-order valence-corrected chi connectivity index (χ1v) is 8.03. The summed E-state index contributed by atoms with van der Waals surface area (Å²) in [7, 11) is 0. The highest BCUT2D eigenvalue weighted by Gasteiger charge is 2.07. The van der Waals surface area contributed by atoms with Crippen molar-refractivity contribution in [1.82, 2.24) is 10.3 Å². The van der Waals surface area contributed by atoms with Gasteiger partial charge in [0.2, 0.25) is 0 Å². The van der Waals surface area contributed by atoms with Gasteiger partial charge in [-0.3, -0.25) is 4.79 Å². The molecular weight excluding hydrogens is 340 g/mol. The Hall–Kier alpha value is -2.07. The number of rotatable bonds is 4. The minimum atomic E-state index is -0.0441. The number of H-pyrrole nitrogens is 1. The molecule has 0 aliphatic carbocycles. The largest absolute Gasteiger partial charge is 0.361 e. The number of hydrogen-bond acceptors (Lipinski definition) is 1. The molecule has 0 atom stereocenters. The molecule has 3 nitrogen and oxygen atoms in total. The van der Waals surface area contributed by atoms with Gasteiger partial charge in [-0.2, -0.15) is 0 Å². The zero-order valence-corrected chi connectivity index (χ0v) is 13.9. The molecular formula is C18H17BrN2O. The van der Waals surface area contributed by atoms with E-state index in [4.69, 9.17) is 0 Å². The lowest BCUT2D eigenvalue weighted by atomic mass is 10.1. The smallest absolute Gasteiger partial charge is 0.251 e. The summed E-state index contributed by atoms with van der Waals surface area (Å²) in [6, 6.07) is 13.8. The molecule has 1 amide bonds. The molecule has 0 saturated heterocycles. The molecule has 0 radical (unpaired) electrons. The fourth-order valence-electron chi connectivity index (χ4n) is 2.54. The summed E-state index contributed by atoms with van der Waals surface area (Å²) >= 11 is 3.38. The lowest BCUT2D eigenvalue weighted by Crippen LogP contribution is -2.25. The van der Waals surface area contributed by atoms with Crippen LogP contribution in [0.15, 0.2) is 53.1 Å². The van der Waals surface area contributed by atoms with Gasteiger partial charge in [0.1, 0.15) is 0 Å². The Morgan fingerprint density at radius 2 is 2.09 bits per heavy atom. The van der Waals surface area contributed by atoms with E-state index in [0.717, 1.165) is 16.4 Å². The van der Waals surface area contributed by atoms with Crippen LogP contribution in [0, 0.1) is 6.92 Å². The van der Waals surface area contributed by atoms with Crippen molar-refractivity contribution in [1.29, 1.82) is 0 Å². The van der Waals surface area contributed by atoms with E-state index in [2.05, 4.69) is 51.4 Å². The molecule has 4 heteroatoms. The summed E-state index contributed by atoms with van der Waals surface area (Å²) in [5.74, 6) is -0.0441. The monoisotopic (exact) mass is 356 g/mol. The number of amides is 1. The topological polar surface area (TPSA) is 44.9 Å². The molecule has 2 N–H and O–H groups in total. The van der Waals surface area contributed by atoms with Crippen LogP contribution in [0.3, 0.4) is 0 Å². The summed E-state index contributed by atoms with van der Waals surface area (Å²) in [6.07, 6.45) is 2.83. The number of aromatic nitrogens is 1. The second-order valence-electron chi connectivity index (χ2n) is 5.38. The van der Waals surface area contributed by atoms with Crippen molar-refractivity contribution in [3.63, 3.8) is 0 Å². The summed E-state index contributed by atoms with van der Waals surface area (Å²) in [6.45, 7) is 2.71. The third-order valence-electron chi connectivity index (χ3n) is 3.69. The maximum Gasteiger partial charge on any atom is 0.251 e. The Kier molecular flexibility index (Phi) is 4.29. The molecule has 1 heterocycles. The van der Waals surface area contributed by atoms with Crippen LogP contribution in [0.2, 0.25) is 0 Å². The molecule has 112 valence electrons. The predicted molar refractivity (Wildman–Crippen MR) is 93.2 cm³/mol. The molecule has 0 aliphatic rings. The van der Waals surface area contributed by atoms with Crippen LogP contribution in [-0.4, -0.2) is 17.4 Å². The van der Waals surface area contributed by atoms with E-state index in [1.807, 2.05) is 30.5 Å². The van der Waals surface area contributed by atoms with Gasteiger partial charge in [0.15, 0.2) is 0 Å². The van der Waals surface area contributed by atoms with Crippen molar-refractivity contribution in [2.45, 2.75) is 13.3 Å². The lowest BCUT2D eigenvalue weighted by molar-refractivity contribution is 0.0954. The average Bonchev–Trinajstić information content (AvgIpc) is 2.89. The fraction of sp³-hybridized carbons (Fsp3) is 0.167. The van der Waals surface area contributed by atoms with Crippen LogP contribution in [0.1, 0.15) is 21.5 Å². The van der Waals surface area contributed by atoms with Gasteiger partial charge in [-0.1, -0.05) is 33.6 Å². The van der Waals surface area contributed by atoms with Crippen LogP contribution in [0.5, 0.6) is 0 Å². The van der Waals surface area contributed by atoms with Crippen LogP contribution in [0.4, 0.5) is 0 Å². The molecule has 22 heavy (non-hydrogen) atoms. The summed E-state index contributed by atoms with van der Waals surface area (Å²) in [4.78, 5) is 15.4. The summed E-state index contributed by atoms with van der Waals surface area (Å²) in [5, 5.41) is 4.20. The van der Waals surface area contributed by atoms with Crippen molar-refractivity contribution >= 4 is 32.7 Å². The summed E-state index contributed by atoms with van der Waals surface area (Å²) < 4.78 is 0.909. The quantitative estimate of drug-likeness (QED) is 0.722. The third-order valence-corrected chi connectivity index (χ3v) is 4.18. The first-order chi connectivity index (χ1) is 10.6.